The van der Waals surface area contributed by atoms with Crippen LogP contribution in [0.15, 0.2) is 66.7 Å². The third kappa shape index (κ3) is 4.44. The molecule has 0 amide bonds. The van der Waals surface area contributed by atoms with Gasteiger partial charge in [-0.2, -0.15) is 0 Å². The minimum Gasteiger partial charge on any atom is -0.491 e. The first-order chi connectivity index (χ1) is 14.5. The van der Waals surface area contributed by atoms with Gasteiger partial charge in [-0.05, 0) is 74.4 Å². The molecule has 1 unspecified atom stereocenters. The van der Waals surface area contributed by atoms with Gasteiger partial charge >= 0.3 is 0 Å². The molecular formula is C25H25ClN2O2. The Kier molecular flexibility index (Phi) is 5.96. The Morgan fingerprint density at radius 1 is 1.00 bits per heavy atom. The first-order valence-electron chi connectivity index (χ1n) is 10.1. The van der Waals surface area contributed by atoms with Gasteiger partial charge in [0.1, 0.15) is 18.1 Å². The smallest absolute Gasteiger partial charge is 0.153 e. The summed E-state index contributed by atoms with van der Waals surface area (Å²) in [6.07, 6.45) is -0.223. The lowest BCUT2D eigenvalue weighted by atomic mass is 10.1. The van der Waals surface area contributed by atoms with Gasteiger partial charge in [0.15, 0.2) is 11.9 Å². The highest BCUT2D eigenvalue weighted by Crippen LogP contribution is 2.26. The van der Waals surface area contributed by atoms with Crippen molar-refractivity contribution in [3.8, 4) is 11.5 Å². The molecule has 3 aromatic carbocycles. The van der Waals surface area contributed by atoms with Gasteiger partial charge in [0, 0.05) is 5.02 Å². The van der Waals surface area contributed by atoms with E-state index in [2.05, 4.69) is 42.7 Å². The van der Waals surface area contributed by atoms with Crippen molar-refractivity contribution >= 4 is 22.6 Å². The Morgan fingerprint density at radius 3 is 2.57 bits per heavy atom. The van der Waals surface area contributed by atoms with E-state index in [1.807, 2.05) is 49.4 Å². The summed E-state index contributed by atoms with van der Waals surface area (Å²) in [5.74, 6) is 2.55. The van der Waals surface area contributed by atoms with Crippen LogP contribution in [0.3, 0.4) is 0 Å². The highest BCUT2D eigenvalue weighted by Gasteiger charge is 2.18. The van der Waals surface area contributed by atoms with Crippen molar-refractivity contribution in [3.63, 3.8) is 0 Å². The summed E-state index contributed by atoms with van der Waals surface area (Å²) in [5, 5.41) is 0.686. The van der Waals surface area contributed by atoms with Crippen LogP contribution in [-0.2, 0) is 6.54 Å². The van der Waals surface area contributed by atoms with E-state index in [0.29, 0.717) is 18.2 Å². The molecule has 0 aliphatic heterocycles. The highest BCUT2D eigenvalue weighted by molar-refractivity contribution is 6.30. The lowest BCUT2D eigenvalue weighted by molar-refractivity contribution is 0.207. The van der Waals surface area contributed by atoms with Gasteiger partial charge < -0.3 is 14.0 Å². The van der Waals surface area contributed by atoms with Crippen molar-refractivity contribution in [1.29, 1.82) is 0 Å². The molecule has 0 N–H and O–H groups in total. The zero-order valence-corrected chi connectivity index (χ0v) is 18.2. The molecule has 30 heavy (non-hydrogen) atoms. The number of benzene rings is 3. The molecule has 0 aliphatic rings. The Balaban J connectivity index is 1.56. The van der Waals surface area contributed by atoms with Crippen molar-refractivity contribution in [2.24, 2.45) is 0 Å². The van der Waals surface area contributed by atoms with Crippen molar-refractivity contribution in [2.75, 3.05) is 6.61 Å². The quantitative estimate of drug-likeness (QED) is 0.341. The summed E-state index contributed by atoms with van der Waals surface area (Å²) in [6.45, 7) is 7.37. The van der Waals surface area contributed by atoms with E-state index in [0.717, 1.165) is 33.9 Å². The minimum absolute atomic E-state index is 0.223. The molecular weight excluding hydrogens is 396 g/mol. The summed E-state index contributed by atoms with van der Waals surface area (Å²) >= 11 is 5.99. The minimum atomic E-state index is -0.223. The second kappa shape index (κ2) is 8.80. The molecule has 154 valence electrons. The van der Waals surface area contributed by atoms with E-state index in [-0.39, 0.29) is 6.10 Å². The van der Waals surface area contributed by atoms with Crippen LogP contribution in [0.4, 0.5) is 0 Å². The Morgan fingerprint density at radius 2 is 1.77 bits per heavy atom. The largest absolute Gasteiger partial charge is 0.491 e. The lowest BCUT2D eigenvalue weighted by Gasteiger charge is -2.17. The molecule has 4 nitrogen and oxygen atoms in total. The molecule has 4 rings (SSSR count). The first kappa shape index (κ1) is 20.3. The van der Waals surface area contributed by atoms with Gasteiger partial charge in [-0.1, -0.05) is 35.9 Å². The van der Waals surface area contributed by atoms with Crippen molar-refractivity contribution in [1.82, 2.24) is 9.55 Å². The van der Waals surface area contributed by atoms with Crippen LogP contribution in [-0.4, -0.2) is 16.2 Å². The molecule has 0 fully saturated rings. The third-order valence-corrected chi connectivity index (χ3v) is 5.34. The molecule has 0 bridgehead atoms. The molecule has 5 heteroatoms. The van der Waals surface area contributed by atoms with Crippen LogP contribution < -0.4 is 9.47 Å². The number of aryl methyl sites for hydroxylation is 2. The maximum absolute atomic E-state index is 6.14. The summed E-state index contributed by atoms with van der Waals surface area (Å²) in [7, 11) is 0. The standard InChI is InChI=1S/C25H25ClN2O2/c1-17-8-9-18(2)24(16-17)29-15-14-28-23-7-5-4-6-22(23)27-25(28)19(3)30-21-12-10-20(26)11-13-21/h4-13,16,19H,14-15H2,1-3H3. The number of aromatic nitrogens is 2. The number of imidazole rings is 1. The number of nitrogens with zero attached hydrogens (tertiary/aromatic N) is 2. The number of fused-ring (bicyclic) bond motifs is 1. The van der Waals surface area contributed by atoms with E-state index in [1.54, 1.807) is 0 Å². The summed E-state index contributed by atoms with van der Waals surface area (Å²) in [4.78, 5) is 4.84. The number of halogens is 1. The third-order valence-electron chi connectivity index (χ3n) is 5.09. The van der Waals surface area contributed by atoms with Gasteiger partial charge in [-0.3, -0.25) is 0 Å². The van der Waals surface area contributed by atoms with Gasteiger partial charge in [0.2, 0.25) is 0 Å². The van der Waals surface area contributed by atoms with Crippen LogP contribution in [0.2, 0.25) is 5.02 Å². The zero-order valence-electron chi connectivity index (χ0n) is 17.4. The average molecular weight is 421 g/mol. The molecule has 0 saturated heterocycles. The Hall–Kier alpha value is -2.98. The number of hydrogen-bond acceptors (Lipinski definition) is 3. The molecule has 4 aromatic rings. The fourth-order valence-corrected chi connectivity index (χ4v) is 3.65. The van der Waals surface area contributed by atoms with E-state index < -0.39 is 0 Å². The van der Waals surface area contributed by atoms with Crippen LogP contribution in [0.5, 0.6) is 11.5 Å². The summed E-state index contributed by atoms with van der Waals surface area (Å²) in [5.41, 5.74) is 4.35. The number of rotatable bonds is 7. The van der Waals surface area contributed by atoms with Gasteiger partial charge in [0.05, 0.1) is 17.6 Å². The average Bonchev–Trinajstić information content (AvgIpc) is 3.11. The van der Waals surface area contributed by atoms with Crippen LogP contribution in [0.1, 0.15) is 30.0 Å². The molecule has 1 aromatic heterocycles. The van der Waals surface area contributed by atoms with Gasteiger partial charge in [0.25, 0.3) is 0 Å². The van der Waals surface area contributed by atoms with Gasteiger partial charge in [-0.25, -0.2) is 4.98 Å². The molecule has 0 spiro atoms. The summed E-state index contributed by atoms with van der Waals surface area (Å²) in [6, 6.07) is 21.8. The topological polar surface area (TPSA) is 36.3 Å². The fourth-order valence-electron chi connectivity index (χ4n) is 3.52. The normalized spacial score (nSPS) is 12.1. The number of para-hydroxylation sites is 2. The Bertz CT molecular complexity index is 1150. The van der Waals surface area contributed by atoms with E-state index in [9.17, 15) is 0 Å². The molecule has 0 radical (unpaired) electrons. The monoisotopic (exact) mass is 420 g/mol. The highest BCUT2D eigenvalue weighted by atomic mass is 35.5. The second-order valence-corrected chi connectivity index (χ2v) is 7.88. The van der Waals surface area contributed by atoms with Gasteiger partial charge in [-0.15, -0.1) is 0 Å². The fraction of sp³-hybridized carbons (Fsp3) is 0.240. The lowest BCUT2D eigenvalue weighted by Crippen LogP contribution is -2.16. The predicted molar refractivity (Wildman–Crippen MR) is 122 cm³/mol. The molecule has 1 heterocycles. The van der Waals surface area contributed by atoms with E-state index in [4.69, 9.17) is 26.1 Å². The maximum Gasteiger partial charge on any atom is 0.153 e. The molecule has 1 atom stereocenters. The molecule has 0 aliphatic carbocycles. The van der Waals surface area contributed by atoms with Crippen LogP contribution in [0.25, 0.3) is 11.0 Å². The SMILES string of the molecule is Cc1ccc(C)c(OCCn2c(C(C)Oc3ccc(Cl)cc3)nc3ccccc32)c1. The van der Waals surface area contributed by atoms with Crippen molar-refractivity contribution in [2.45, 2.75) is 33.4 Å². The van der Waals surface area contributed by atoms with E-state index in [1.165, 1.54) is 5.56 Å². The van der Waals surface area contributed by atoms with Crippen molar-refractivity contribution in [3.05, 3.63) is 88.7 Å². The van der Waals surface area contributed by atoms with Crippen molar-refractivity contribution < 1.29 is 9.47 Å². The number of hydrogen-bond donors (Lipinski definition) is 0. The molecule has 0 saturated carbocycles. The zero-order chi connectivity index (χ0) is 21.1. The second-order valence-electron chi connectivity index (χ2n) is 7.44. The summed E-state index contributed by atoms with van der Waals surface area (Å²) < 4.78 is 14.4. The van der Waals surface area contributed by atoms with Crippen LogP contribution in [0, 0.1) is 13.8 Å². The Labute approximate surface area is 182 Å². The predicted octanol–water partition coefficient (Wildman–Crippen LogP) is 6.53. The van der Waals surface area contributed by atoms with Crippen LogP contribution >= 0.6 is 11.6 Å². The maximum atomic E-state index is 6.14. The number of ether oxygens (including phenoxy) is 2. The first-order valence-corrected chi connectivity index (χ1v) is 10.5. The van der Waals surface area contributed by atoms with E-state index >= 15 is 0 Å².